The van der Waals surface area contributed by atoms with Crippen molar-refractivity contribution >= 4 is 15.9 Å². The first-order valence-corrected chi connectivity index (χ1v) is 5.67. The van der Waals surface area contributed by atoms with Crippen molar-refractivity contribution in [2.24, 2.45) is 0 Å². The average molecular weight is 293 g/mol. The number of benzene rings is 2. The SMILES string of the molecule is Fc1ccc(C#Cc2ccc(Br)cc2)cc1F. The van der Waals surface area contributed by atoms with Gasteiger partial charge in [0.15, 0.2) is 11.6 Å². The van der Waals surface area contributed by atoms with Crippen molar-refractivity contribution < 1.29 is 8.78 Å². The highest BCUT2D eigenvalue weighted by Crippen LogP contribution is 2.10. The Morgan fingerprint density at radius 1 is 0.765 bits per heavy atom. The van der Waals surface area contributed by atoms with Gasteiger partial charge in [-0.05, 0) is 42.5 Å². The average Bonchev–Trinajstić information content (AvgIpc) is 2.33. The van der Waals surface area contributed by atoms with E-state index in [1.54, 1.807) is 0 Å². The van der Waals surface area contributed by atoms with Crippen molar-refractivity contribution in [1.82, 2.24) is 0 Å². The summed E-state index contributed by atoms with van der Waals surface area (Å²) >= 11 is 3.32. The van der Waals surface area contributed by atoms with Crippen LogP contribution in [0.5, 0.6) is 0 Å². The van der Waals surface area contributed by atoms with Gasteiger partial charge >= 0.3 is 0 Å². The minimum Gasteiger partial charge on any atom is -0.204 e. The molecule has 0 saturated carbocycles. The topological polar surface area (TPSA) is 0 Å². The standard InChI is InChI=1S/C14H7BrF2/c15-12-6-3-10(4-7-12)1-2-11-5-8-13(16)14(17)9-11/h3-9H. The van der Waals surface area contributed by atoms with Crippen LogP contribution < -0.4 is 0 Å². The molecule has 0 heterocycles. The molecule has 0 N–H and O–H groups in total. The Balaban J connectivity index is 2.26. The second kappa shape index (κ2) is 5.11. The molecule has 2 aromatic carbocycles. The van der Waals surface area contributed by atoms with Gasteiger partial charge in [-0.15, -0.1) is 0 Å². The van der Waals surface area contributed by atoms with Crippen LogP contribution >= 0.6 is 15.9 Å². The summed E-state index contributed by atoms with van der Waals surface area (Å²) in [5.41, 5.74) is 1.27. The molecule has 0 aliphatic rings. The van der Waals surface area contributed by atoms with Gasteiger partial charge in [-0.2, -0.15) is 0 Å². The molecule has 0 bridgehead atoms. The van der Waals surface area contributed by atoms with Gasteiger partial charge in [0, 0.05) is 15.6 Å². The highest BCUT2D eigenvalue weighted by Gasteiger charge is 1.99. The molecule has 0 aromatic heterocycles. The van der Waals surface area contributed by atoms with E-state index in [4.69, 9.17) is 0 Å². The van der Waals surface area contributed by atoms with Gasteiger partial charge in [0.05, 0.1) is 0 Å². The second-order valence-corrected chi connectivity index (χ2v) is 4.30. The molecular formula is C14H7BrF2. The van der Waals surface area contributed by atoms with E-state index in [-0.39, 0.29) is 0 Å². The molecule has 2 rings (SSSR count). The van der Waals surface area contributed by atoms with Crippen molar-refractivity contribution in [3.63, 3.8) is 0 Å². The summed E-state index contributed by atoms with van der Waals surface area (Å²) in [7, 11) is 0. The molecular weight excluding hydrogens is 286 g/mol. The summed E-state index contributed by atoms with van der Waals surface area (Å²) in [5.74, 6) is 3.91. The molecule has 0 aliphatic heterocycles. The first kappa shape index (κ1) is 11.8. The third-order valence-electron chi connectivity index (χ3n) is 2.11. The first-order chi connectivity index (χ1) is 8.15. The Morgan fingerprint density at radius 2 is 1.35 bits per heavy atom. The molecule has 84 valence electrons. The summed E-state index contributed by atoms with van der Waals surface area (Å²) < 4.78 is 26.6. The molecule has 0 atom stereocenters. The molecule has 3 heteroatoms. The number of hydrogen-bond donors (Lipinski definition) is 0. The van der Waals surface area contributed by atoms with E-state index in [0.717, 1.165) is 22.2 Å². The fourth-order valence-corrected chi connectivity index (χ4v) is 1.52. The second-order valence-electron chi connectivity index (χ2n) is 3.39. The summed E-state index contributed by atoms with van der Waals surface area (Å²) in [5, 5.41) is 0. The maximum atomic E-state index is 12.9. The van der Waals surface area contributed by atoms with Crippen LogP contribution in [0.25, 0.3) is 0 Å². The van der Waals surface area contributed by atoms with Crippen molar-refractivity contribution in [2.45, 2.75) is 0 Å². The Morgan fingerprint density at radius 3 is 2.00 bits per heavy atom. The smallest absolute Gasteiger partial charge is 0.160 e. The molecule has 2 aromatic rings. The lowest BCUT2D eigenvalue weighted by Gasteiger charge is -1.93. The van der Waals surface area contributed by atoms with Crippen molar-refractivity contribution in [3.8, 4) is 11.8 Å². The molecule has 0 saturated heterocycles. The Bertz CT molecular complexity index is 592. The number of halogens is 3. The van der Waals surface area contributed by atoms with Crippen molar-refractivity contribution in [2.75, 3.05) is 0 Å². The first-order valence-electron chi connectivity index (χ1n) is 4.88. The van der Waals surface area contributed by atoms with Gasteiger partial charge in [-0.1, -0.05) is 27.8 Å². The van der Waals surface area contributed by atoms with Crippen LogP contribution in [0.1, 0.15) is 11.1 Å². The summed E-state index contributed by atoms with van der Waals surface area (Å²) in [6.07, 6.45) is 0. The highest BCUT2D eigenvalue weighted by molar-refractivity contribution is 9.10. The van der Waals surface area contributed by atoms with E-state index in [0.29, 0.717) is 5.56 Å². The zero-order valence-corrected chi connectivity index (χ0v) is 10.3. The normalized spacial score (nSPS) is 9.59. The van der Waals surface area contributed by atoms with Crippen LogP contribution in [-0.4, -0.2) is 0 Å². The van der Waals surface area contributed by atoms with Crippen LogP contribution in [0.2, 0.25) is 0 Å². The zero-order valence-electron chi connectivity index (χ0n) is 8.68. The third-order valence-corrected chi connectivity index (χ3v) is 2.64. The Hall–Kier alpha value is -1.66. The van der Waals surface area contributed by atoms with E-state index >= 15 is 0 Å². The lowest BCUT2D eigenvalue weighted by atomic mass is 10.2. The predicted molar refractivity (Wildman–Crippen MR) is 66.5 cm³/mol. The molecule has 0 radical (unpaired) electrons. The van der Waals surface area contributed by atoms with E-state index in [9.17, 15) is 8.78 Å². The number of rotatable bonds is 0. The van der Waals surface area contributed by atoms with Crippen molar-refractivity contribution in [1.29, 1.82) is 0 Å². The van der Waals surface area contributed by atoms with E-state index in [1.165, 1.54) is 6.07 Å². The van der Waals surface area contributed by atoms with Gasteiger partial charge in [0.2, 0.25) is 0 Å². The molecule has 0 nitrogen and oxygen atoms in total. The van der Waals surface area contributed by atoms with Crippen LogP contribution in [-0.2, 0) is 0 Å². The lowest BCUT2D eigenvalue weighted by Crippen LogP contribution is -1.84. The molecule has 0 amide bonds. The fourth-order valence-electron chi connectivity index (χ4n) is 1.25. The fraction of sp³-hybridized carbons (Fsp3) is 0. The molecule has 17 heavy (non-hydrogen) atoms. The third kappa shape index (κ3) is 3.15. The molecule has 0 unspecified atom stereocenters. The molecule has 0 fully saturated rings. The van der Waals surface area contributed by atoms with Crippen LogP contribution in [0.15, 0.2) is 46.9 Å². The van der Waals surface area contributed by atoms with Gasteiger partial charge in [0.1, 0.15) is 0 Å². The highest BCUT2D eigenvalue weighted by atomic mass is 79.9. The van der Waals surface area contributed by atoms with Gasteiger partial charge in [-0.3, -0.25) is 0 Å². The molecule has 0 spiro atoms. The summed E-state index contributed by atoms with van der Waals surface area (Å²) in [6, 6.07) is 11.0. The van der Waals surface area contributed by atoms with Crippen LogP contribution in [0, 0.1) is 23.5 Å². The number of hydrogen-bond acceptors (Lipinski definition) is 0. The quantitative estimate of drug-likeness (QED) is 0.641. The van der Waals surface area contributed by atoms with Crippen LogP contribution in [0.3, 0.4) is 0 Å². The van der Waals surface area contributed by atoms with Gasteiger partial charge in [0.25, 0.3) is 0 Å². The van der Waals surface area contributed by atoms with E-state index in [2.05, 4.69) is 27.8 Å². The monoisotopic (exact) mass is 292 g/mol. The van der Waals surface area contributed by atoms with Crippen molar-refractivity contribution in [3.05, 3.63) is 69.7 Å². The molecule has 0 aliphatic carbocycles. The Kier molecular flexibility index (Phi) is 3.55. The minimum atomic E-state index is -0.882. The summed E-state index contributed by atoms with van der Waals surface area (Å²) in [4.78, 5) is 0. The largest absolute Gasteiger partial charge is 0.204 e. The summed E-state index contributed by atoms with van der Waals surface area (Å²) in [6.45, 7) is 0. The predicted octanol–water partition coefficient (Wildman–Crippen LogP) is 4.13. The van der Waals surface area contributed by atoms with Gasteiger partial charge < -0.3 is 0 Å². The van der Waals surface area contributed by atoms with E-state index in [1.807, 2.05) is 24.3 Å². The maximum Gasteiger partial charge on any atom is 0.160 e. The van der Waals surface area contributed by atoms with Crippen LogP contribution in [0.4, 0.5) is 8.78 Å². The minimum absolute atomic E-state index is 0.451. The zero-order chi connectivity index (χ0) is 12.3. The van der Waals surface area contributed by atoms with Gasteiger partial charge in [-0.25, -0.2) is 8.78 Å². The van der Waals surface area contributed by atoms with E-state index < -0.39 is 11.6 Å². The Labute approximate surface area is 106 Å². The maximum absolute atomic E-state index is 12.9. The lowest BCUT2D eigenvalue weighted by molar-refractivity contribution is 0.508.